The van der Waals surface area contributed by atoms with Crippen LogP contribution in [0.5, 0.6) is 5.75 Å². The second kappa shape index (κ2) is 7.62. The fourth-order valence-corrected chi connectivity index (χ4v) is 3.15. The molecule has 0 saturated carbocycles. The Morgan fingerprint density at radius 2 is 1.83 bits per heavy atom. The van der Waals surface area contributed by atoms with Crippen molar-refractivity contribution in [3.63, 3.8) is 0 Å². The quantitative estimate of drug-likeness (QED) is 0.826. The number of hydrogen-bond donors (Lipinski definition) is 1. The van der Waals surface area contributed by atoms with Crippen molar-refractivity contribution >= 4 is 0 Å². The molecular formula is C20H24O3. The van der Waals surface area contributed by atoms with Gasteiger partial charge >= 0.3 is 0 Å². The van der Waals surface area contributed by atoms with Crippen LogP contribution in [-0.4, -0.2) is 24.9 Å². The summed E-state index contributed by atoms with van der Waals surface area (Å²) in [6.45, 7) is 3.99. The molecule has 1 N–H and O–H groups in total. The van der Waals surface area contributed by atoms with E-state index >= 15 is 0 Å². The Bertz CT molecular complexity index is 664. The van der Waals surface area contributed by atoms with Crippen LogP contribution in [0.15, 0.2) is 36.4 Å². The van der Waals surface area contributed by atoms with Gasteiger partial charge in [-0.1, -0.05) is 18.2 Å². The maximum absolute atomic E-state index is 9.41. The summed E-state index contributed by atoms with van der Waals surface area (Å²) < 4.78 is 11.1. The number of aliphatic hydroxyl groups excluding tert-OH is 1. The third-order valence-electron chi connectivity index (χ3n) is 4.32. The minimum Gasteiger partial charge on any atom is -0.491 e. The van der Waals surface area contributed by atoms with Gasteiger partial charge in [0.25, 0.3) is 0 Å². The number of ether oxygens (including phenoxy) is 2. The standard InChI is InChI=1S/C20H24O3/c1-2-22-10-11-23-18-8-9-19-17(13-18)5-3-4-16-7-6-15(14-21)12-20(16)19/h6-9,12-13,21H,2-5,10-11,14H2,1H3. The Balaban J connectivity index is 1.86. The van der Waals surface area contributed by atoms with Crippen LogP contribution in [0.1, 0.15) is 30.0 Å². The molecule has 0 spiro atoms. The molecule has 122 valence electrons. The monoisotopic (exact) mass is 312 g/mol. The predicted molar refractivity (Wildman–Crippen MR) is 91.8 cm³/mol. The third kappa shape index (κ3) is 3.74. The van der Waals surface area contributed by atoms with Crippen LogP contribution in [-0.2, 0) is 24.2 Å². The summed E-state index contributed by atoms with van der Waals surface area (Å²) >= 11 is 0. The lowest BCUT2D eigenvalue weighted by atomic mass is 9.95. The van der Waals surface area contributed by atoms with Crippen molar-refractivity contribution in [1.82, 2.24) is 0 Å². The molecule has 0 saturated heterocycles. The fraction of sp³-hybridized carbons (Fsp3) is 0.400. The molecule has 23 heavy (non-hydrogen) atoms. The van der Waals surface area contributed by atoms with E-state index in [0.29, 0.717) is 13.2 Å². The van der Waals surface area contributed by atoms with Gasteiger partial charge in [0.1, 0.15) is 12.4 Å². The molecule has 0 radical (unpaired) electrons. The first-order valence-corrected chi connectivity index (χ1v) is 8.38. The molecule has 0 heterocycles. The van der Waals surface area contributed by atoms with Crippen LogP contribution < -0.4 is 4.74 Å². The summed E-state index contributed by atoms with van der Waals surface area (Å²) in [4.78, 5) is 0. The highest BCUT2D eigenvalue weighted by atomic mass is 16.5. The number of aryl methyl sites for hydroxylation is 2. The molecule has 2 aromatic carbocycles. The Labute approximate surface area is 137 Å². The van der Waals surface area contributed by atoms with E-state index in [0.717, 1.165) is 37.2 Å². The molecule has 0 bridgehead atoms. The zero-order chi connectivity index (χ0) is 16.1. The fourth-order valence-electron chi connectivity index (χ4n) is 3.15. The Hall–Kier alpha value is -1.84. The van der Waals surface area contributed by atoms with Crippen LogP contribution in [0.25, 0.3) is 11.1 Å². The first-order valence-electron chi connectivity index (χ1n) is 8.38. The topological polar surface area (TPSA) is 38.7 Å². The molecule has 0 aromatic heterocycles. The van der Waals surface area contributed by atoms with Gasteiger partial charge in [-0.15, -0.1) is 0 Å². The molecule has 0 aliphatic heterocycles. The van der Waals surface area contributed by atoms with Gasteiger partial charge in [0, 0.05) is 6.61 Å². The molecular weight excluding hydrogens is 288 g/mol. The van der Waals surface area contributed by atoms with E-state index in [1.54, 1.807) is 0 Å². The lowest BCUT2D eigenvalue weighted by molar-refractivity contribution is 0.110. The smallest absolute Gasteiger partial charge is 0.119 e. The second-order valence-electron chi connectivity index (χ2n) is 5.87. The zero-order valence-corrected chi connectivity index (χ0v) is 13.7. The normalized spacial score (nSPS) is 13.1. The predicted octanol–water partition coefficient (Wildman–Crippen LogP) is 3.75. The lowest BCUT2D eigenvalue weighted by Crippen LogP contribution is -2.06. The van der Waals surface area contributed by atoms with Gasteiger partial charge in [0.15, 0.2) is 0 Å². The number of aliphatic hydroxyl groups is 1. The van der Waals surface area contributed by atoms with E-state index in [2.05, 4.69) is 24.3 Å². The van der Waals surface area contributed by atoms with Crippen molar-refractivity contribution in [2.45, 2.75) is 32.8 Å². The first kappa shape index (κ1) is 16.0. The Kier molecular flexibility index (Phi) is 5.31. The van der Waals surface area contributed by atoms with Gasteiger partial charge in [-0.25, -0.2) is 0 Å². The SMILES string of the molecule is CCOCCOc1ccc2c(c1)CCCc1ccc(CO)cc1-2. The molecule has 3 rings (SSSR count). The van der Waals surface area contributed by atoms with Crippen LogP contribution in [0, 0.1) is 0 Å². The molecule has 1 aliphatic carbocycles. The van der Waals surface area contributed by atoms with Gasteiger partial charge < -0.3 is 14.6 Å². The van der Waals surface area contributed by atoms with Crippen molar-refractivity contribution in [2.75, 3.05) is 19.8 Å². The molecule has 1 aliphatic rings. The van der Waals surface area contributed by atoms with Crippen molar-refractivity contribution in [2.24, 2.45) is 0 Å². The molecule has 0 atom stereocenters. The third-order valence-corrected chi connectivity index (χ3v) is 4.32. The highest BCUT2D eigenvalue weighted by Crippen LogP contribution is 2.35. The summed E-state index contributed by atoms with van der Waals surface area (Å²) in [5, 5.41) is 9.41. The maximum atomic E-state index is 9.41. The van der Waals surface area contributed by atoms with Crippen LogP contribution in [0.4, 0.5) is 0 Å². The van der Waals surface area contributed by atoms with Crippen LogP contribution in [0.2, 0.25) is 0 Å². The van der Waals surface area contributed by atoms with Crippen LogP contribution in [0.3, 0.4) is 0 Å². The molecule has 3 heteroatoms. The average molecular weight is 312 g/mol. The van der Waals surface area contributed by atoms with E-state index in [-0.39, 0.29) is 6.61 Å². The van der Waals surface area contributed by atoms with Gasteiger partial charge in [-0.05, 0) is 72.2 Å². The minimum atomic E-state index is 0.0846. The molecule has 0 unspecified atom stereocenters. The zero-order valence-electron chi connectivity index (χ0n) is 13.7. The summed E-state index contributed by atoms with van der Waals surface area (Å²) in [6, 6.07) is 12.6. The first-order chi connectivity index (χ1) is 11.3. The van der Waals surface area contributed by atoms with E-state index in [1.807, 2.05) is 19.1 Å². The Morgan fingerprint density at radius 1 is 0.957 bits per heavy atom. The molecule has 0 fully saturated rings. The molecule has 0 amide bonds. The molecule has 2 aromatic rings. The number of benzene rings is 2. The van der Waals surface area contributed by atoms with Gasteiger partial charge in [-0.3, -0.25) is 0 Å². The maximum Gasteiger partial charge on any atom is 0.119 e. The number of hydrogen-bond acceptors (Lipinski definition) is 3. The lowest BCUT2D eigenvalue weighted by Gasteiger charge is -2.13. The highest BCUT2D eigenvalue weighted by molar-refractivity contribution is 5.73. The Morgan fingerprint density at radius 3 is 2.65 bits per heavy atom. The van der Waals surface area contributed by atoms with E-state index in [1.165, 1.54) is 22.3 Å². The van der Waals surface area contributed by atoms with Gasteiger partial charge in [-0.2, -0.15) is 0 Å². The second-order valence-corrected chi connectivity index (χ2v) is 5.87. The van der Waals surface area contributed by atoms with Gasteiger partial charge in [0.05, 0.1) is 13.2 Å². The van der Waals surface area contributed by atoms with Crippen molar-refractivity contribution in [3.8, 4) is 16.9 Å². The minimum absolute atomic E-state index is 0.0846. The average Bonchev–Trinajstić information content (AvgIpc) is 2.77. The summed E-state index contributed by atoms with van der Waals surface area (Å²) in [5.74, 6) is 0.908. The van der Waals surface area contributed by atoms with Crippen molar-refractivity contribution in [1.29, 1.82) is 0 Å². The number of fused-ring (bicyclic) bond motifs is 3. The van der Waals surface area contributed by atoms with E-state index < -0.39 is 0 Å². The summed E-state index contributed by atoms with van der Waals surface area (Å²) in [5.41, 5.74) is 6.18. The number of rotatable bonds is 6. The summed E-state index contributed by atoms with van der Waals surface area (Å²) in [6.07, 6.45) is 3.28. The van der Waals surface area contributed by atoms with Crippen molar-refractivity contribution in [3.05, 3.63) is 53.1 Å². The van der Waals surface area contributed by atoms with E-state index in [4.69, 9.17) is 9.47 Å². The van der Waals surface area contributed by atoms with Gasteiger partial charge in [0.2, 0.25) is 0 Å². The van der Waals surface area contributed by atoms with Crippen LogP contribution >= 0.6 is 0 Å². The molecule has 3 nitrogen and oxygen atoms in total. The summed E-state index contributed by atoms with van der Waals surface area (Å²) in [7, 11) is 0. The van der Waals surface area contributed by atoms with E-state index in [9.17, 15) is 5.11 Å². The largest absolute Gasteiger partial charge is 0.491 e. The highest BCUT2D eigenvalue weighted by Gasteiger charge is 2.15. The van der Waals surface area contributed by atoms with Crippen molar-refractivity contribution < 1.29 is 14.6 Å².